The first kappa shape index (κ1) is 19.6. The number of thiazole rings is 1. The quantitative estimate of drug-likeness (QED) is 0.508. The van der Waals surface area contributed by atoms with Gasteiger partial charge in [0.15, 0.2) is 5.13 Å². The number of nitrogens with one attached hydrogen (secondary N) is 2. The predicted molar refractivity (Wildman–Crippen MR) is 109 cm³/mol. The van der Waals surface area contributed by atoms with Crippen LogP contribution in [0.3, 0.4) is 0 Å². The standard InChI is InChI=1S/C19H15N3O4S2/c23-16(22-19-20-9-10-27-19)11-28-13-7-5-12(6-8-13)21-17(24)14-3-1-2-4-15(14)18(25)26/h1-10H,11H2,(H,21,24)(H,25,26)(H,20,22,23). The van der Waals surface area contributed by atoms with Crippen LogP contribution in [0.25, 0.3) is 0 Å². The van der Waals surface area contributed by atoms with Gasteiger partial charge in [0.2, 0.25) is 5.91 Å². The maximum Gasteiger partial charge on any atom is 0.336 e. The van der Waals surface area contributed by atoms with Crippen molar-refractivity contribution in [2.75, 3.05) is 16.4 Å². The zero-order chi connectivity index (χ0) is 19.9. The molecule has 0 aliphatic heterocycles. The molecular formula is C19H15N3O4S2. The van der Waals surface area contributed by atoms with E-state index in [4.69, 9.17) is 0 Å². The highest BCUT2D eigenvalue weighted by molar-refractivity contribution is 8.00. The third-order valence-corrected chi connectivity index (χ3v) is 5.26. The summed E-state index contributed by atoms with van der Waals surface area (Å²) < 4.78 is 0. The molecule has 9 heteroatoms. The summed E-state index contributed by atoms with van der Waals surface area (Å²) in [5.74, 6) is -1.57. The molecule has 3 aromatic rings. The van der Waals surface area contributed by atoms with Gasteiger partial charge in [-0.3, -0.25) is 9.59 Å². The summed E-state index contributed by atoms with van der Waals surface area (Å²) in [5, 5.41) is 16.9. The van der Waals surface area contributed by atoms with E-state index < -0.39 is 11.9 Å². The maximum atomic E-state index is 12.4. The maximum absolute atomic E-state index is 12.4. The van der Waals surface area contributed by atoms with Crippen LogP contribution < -0.4 is 10.6 Å². The Kier molecular flexibility index (Phi) is 6.41. The highest BCUT2D eigenvalue weighted by Gasteiger charge is 2.15. The van der Waals surface area contributed by atoms with E-state index in [1.807, 2.05) is 0 Å². The van der Waals surface area contributed by atoms with Gasteiger partial charge in [-0.05, 0) is 36.4 Å². The Hall–Kier alpha value is -3.17. The first-order valence-corrected chi connectivity index (χ1v) is 9.95. The van der Waals surface area contributed by atoms with Crippen LogP contribution in [0, 0.1) is 0 Å². The van der Waals surface area contributed by atoms with E-state index >= 15 is 0 Å². The average Bonchev–Trinajstić information content (AvgIpc) is 3.20. The van der Waals surface area contributed by atoms with E-state index in [1.165, 1.54) is 35.2 Å². The molecule has 2 amide bonds. The molecule has 0 aliphatic rings. The molecule has 0 saturated heterocycles. The van der Waals surface area contributed by atoms with Gasteiger partial charge < -0.3 is 15.7 Å². The zero-order valence-corrected chi connectivity index (χ0v) is 16.0. The number of carboxylic acid groups (broad SMARTS) is 1. The molecule has 0 saturated carbocycles. The van der Waals surface area contributed by atoms with Gasteiger partial charge in [0, 0.05) is 22.2 Å². The number of amides is 2. The van der Waals surface area contributed by atoms with Gasteiger partial charge in [0.05, 0.1) is 16.9 Å². The summed E-state index contributed by atoms with van der Waals surface area (Å²) in [6.07, 6.45) is 1.62. The number of nitrogens with zero attached hydrogens (tertiary/aromatic N) is 1. The fourth-order valence-corrected chi connectivity index (χ4v) is 3.53. The second kappa shape index (κ2) is 9.16. The smallest absolute Gasteiger partial charge is 0.336 e. The van der Waals surface area contributed by atoms with Crippen molar-refractivity contribution in [3.05, 3.63) is 71.2 Å². The number of aromatic nitrogens is 1. The lowest BCUT2D eigenvalue weighted by molar-refractivity contribution is -0.113. The molecule has 7 nitrogen and oxygen atoms in total. The largest absolute Gasteiger partial charge is 0.478 e. The number of thioether (sulfide) groups is 1. The molecule has 0 fully saturated rings. The lowest BCUT2D eigenvalue weighted by Crippen LogP contribution is -2.16. The van der Waals surface area contributed by atoms with E-state index in [-0.39, 0.29) is 22.8 Å². The van der Waals surface area contributed by atoms with Crippen molar-refractivity contribution in [2.45, 2.75) is 4.90 Å². The average molecular weight is 413 g/mol. The number of aromatic carboxylic acids is 1. The van der Waals surface area contributed by atoms with E-state index in [2.05, 4.69) is 15.6 Å². The Morgan fingerprint density at radius 2 is 1.71 bits per heavy atom. The fourth-order valence-electron chi connectivity index (χ4n) is 2.29. The van der Waals surface area contributed by atoms with Crippen LogP contribution in [0.1, 0.15) is 20.7 Å². The Bertz CT molecular complexity index is 989. The number of benzene rings is 2. The summed E-state index contributed by atoms with van der Waals surface area (Å²) in [4.78, 5) is 40.3. The monoisotopic (exact) mass is 413 g/mol. The Morgan fingerprint density at radius 1 is 1.00 bits per heavy atom. The molecule has 0 bridgehead atoms. The molecule has 2 aromatic carbocycles. The molecular weight excluding hydrogens is 398 g/mol. The second-order valence-electron chi connectivity index (χ2n) is 5.50. The normalized spacial score (nSPS) is 10.3. The van der Waals surface area contributed by atoms with Crippen LogP contribution in [-0.2, 0) is 4.79 Å². The minimum atomic E-state index is -1.16. The number of carboxylic acids is 1. The minimum Gasteiger partial charge on any atom is -0.478 e. The highest BCUT2D eigenvalue weighted by Crippen LogP contribution is 2.22. The van der Waals surface area contributed by atoms with Crippen molar-refractivity contribution < 1.29 is 19.5 Å². The summed E-state index contributed by atoms with van der Waals surface area (Å²) >= 11 is 2.71. The first-order valence-electron chi connectivity index (χ1n) is 8.09. The number of rotatable bonds is 7. The third-order valence-electron chi connectivity index (χ3n) is 3.56. The van der Waals surface area contributed by atoms with Gasteiger partial charge in [-0.2, -0.15) is 0 Å². The number of anilines is 2. The molecule has 3 rings (SSSR count). The van der Waals surface area contributed by atoms with Crippen LogP contribution in [0.15, 0.2) is 65.0 Å². The van der Waals surface area contributed by atoms with Gasteiger partial charge in [-0.15, -0.1) is 23.1 Å². The van der Waals surface area contributed by atoms with Gasteiger partial charge >= 0.3 is 5.97 Å². The van der Waals surface area contributed by atoms with Crippen molar-refractivity contribution in [1.82, 2.24) is 4.98 Å². The van der Waals surface area contributed by atoms with Gasteiger partial charge in [0.1, 0.15) is 0 Å². The molecule has 3 N–H and O–H groups in total. The van der Waals surface area contributed by atoms with Crippen LogP contribution in [0.2, 0.25) is 0 Å². The van der Waals surface area contributed by atoms with E-state index in [0.717, 1.165) is 4.90 Å². The number of hydrogen-bond donors (Lipinski definition) is 3. The second-order valence-corrected chi connectivity index (χ2v) is 7.45. The molecule has 0 atom stereocenters. The van der Waals surface area contributed by atoms with Gasteiger partial charge in [0.25, 0.3) is 5.91 Å². The number of hydrogen-bond acceptors (Lipinski definition) is 6. The van der Waals surface area contributed by atoms with E-state index in [0.29, 0.717) is 10.8 Å². The molecule has 1 aromatic heterocycles. The van der Waals surface area contributed by atoms with Crippen molar-refractivity contribution in [3.8, 4) is 0 Å². The topological polar surface area (TPSA) is 108 Å². The number of carbonyl (C=O) groups excluding carboxylic acids is 2. The predicted octanol–water partition coefficient (Wildman–Crippen LogP) is 3.82. The lowest BCUT2D eigenvalue weighted by atomic mass is 10.1. The van der Waals surface area contributed by atoms with Crippen molar-refractivity contribution in [3.63, 3.8) is 0 Å². The summed E-state index contributed by atoms with van der Waals surface area (Å²) in [6, 6.07) is 13.0. The minimum absolute atomic E-state index is 0.0570. The molecule has 142 valence electrons. The Morgan fingerprint density at radius 3 is 2.36 bits per heavy atom. The fraction of sp³-hybridized carbons (Fsp3) is 0.0526. The zero-order valence-electron chi connectivity index (χ0n) is 14.4. The molecule has 0 radical (unpaired) electrons. The molecule has 1 heterocycles. The van der Waals surface area contributed by atoms with Crippen LogP contribution >= 0.6 is 23.1 Å². The van der Waals surface area contributed by atoms with Gasteiger partial charge in [-0.1, -0.05) is 12.1 Å². The van der Waals surface area contributed by atoms with Gasteiger partial charge in [-0.25, -0.2) is 9.78 Å². The molecule has 28 heavy (non-hydrogen) atoms. The van der Waals surface area contributed by atoms with Crippen LogP contribution in [-0.4, -0.2) is 33.6 Å². The Balaban J connectivity index is 1.56. The SMILES string of the molecule is O=C(CSc1ccc(NC(=O)c2ccccc2C(=O)O)cc1)Nc1nccs1. The van der Waals surface area contributed by atoms with Crippen molar-refractivity contribution in [1.29, 1.82) is 0 Å². The van der Waals surface area contributed by atoms with Crippen LogP contribution in [0.5, 0.6) is 0 Å². The lowest BCUT2D eigenvalue weighted by Gasteiger charge is -2.08. The van der Waals surface area contributed by atoms with E-state index in [1.54, 1.807) is 48.0 Å². The molecule has 0 spiro atoms. The van der Waals surface area contributed by atoms with Crippen molar-refractivity contribution >= 4 is 51.7 Å². The summed E-state index contributed by atoms with van der Waals surface area (Å²) in [6.45, 7) is 0. The highest BCUT2D eigenvalue weighted by atomic mass is 32.2. The summed E-state index contributed by atoms with van der Waals surface area (Å²) in [5.41, 5.74) is 0.563. The first-order chi connectivity index (χ1) is 13.5. The molecule has 0 aliphatic carbocycles. The third kappa shape index (κ3) is 5.18. The van der Waals surface area contributed by atoms with Crippen molar-refractivity contribution in [2.24, 2.45) is 0 Å². The van der Waals surface area contributed by atoms with E-state index in [9.17, 15) is 19.5 Å². The summed E-state index contributed by atoms with van der Waals surface area (Å²) in [7, 11) is 0. The Labute approximate surface area is 168 Å². The number of carbonyl (C=O) groups is 3. The molecule has 0 unspecified atom stereocenters. The van der Waals surface area contributed by atoms with Crippen LogP contribution in [0.4, 0.5) is 10.8 Å².